The molecular formula is C27H30N6O. The highest BCUT2D eigenvalue weighted by atomic mass is 16.1. The fraction of sp³-hybridized carbons (Fsp3) is 0.333. The van der Waals surface area contributed by atoms with E-state index >= 15 is 0 Å². The molecule has 1 aliphatic heterocycles. The lowest BCUT2D eigenvalue weighted by atomic mass is 9.96. The molecule has 1 saturated heterocycles. The van der Waals surface area contributed by atoms with E-state index in [9.17, 15) is 4.79 Å². The van der Waals surface area contributed by atoms with Gasteiger partial charge in [0.2, 0.25) is 5.91 Å². The second kappa shape index (κ2) is 9.63. The highest BCUT2D eigenvalue weighted by molar-refractivity contribution is 5.79. The number of nitrogens with zero attached hydrogens (tertiary/aromatic N) is 5. The third-order valence-corrected chi connectivity index (χ3v) is 6.74. The van der Waals surface area contributed by atoms with Crippen LogP contribution in [-0.2, 0) is 11.2 Å². The minimum absolute atomic E-state index is 0.0377. The quantitative estimate of drug-likeness (QED) is 0.477. The van der Waals surface area contributed by atoms with Crippen molar-refractivity contribution in [3.63, 3.8) is 0 Å². The molecule has 0 unspecified atom stereocenters. The number of anilines is 1. The summed E-state index contributed by atoms with van der Waals surface area (Å²) in [6, 6.07) is 14.4. The van der Waals surface area contributed by atoms with Crippen LogP contribution in [0.5, 0.6) is 0 Å². The van der Waals surface area contributed by atoms with Crippen LogP contribution in [0.25, 0.3) is 16.8 Å². The number of pyridine rings is 1. The molecule has 7 heteroatoms. The van der Waals surface area contributed by atoms with Crippen LogP contribution in [0.3, 0.4) is 0 Å². The standard InChI is InChI=1S/C27H30N6O/c1-19-6-7-22(17-20(19)2)24-18-25-26(29-13-16-33(25)31-24)32-14-9-21(10-15-32)27(34)30-12-8-23-5-3-4-11-28-23/h3-7,11,13,16-18,21H,8-10,12,14-15H2,1-2H3,(H,30,34). The number of fused-ring (bicyclic) bond motifs is 1. The predicted octanol–water partition coefficient (Wildman–Crippen LogP) is 3.98. The molecule has 4 aromatic rings. The van der Waals surface area contributed by atoms with E-state index in [0.717, 1.165) is 60.6 Å². The number of hydrogen-bond acceptors (Lipinski definition) is 5. The van der Waals surface area contributed by atoms with E-state index < -0.39 is 0 Å². The fourth-order valence-electron chi connectivity index (χ4n) is 4.55. The highest BCUT2D eigenvalue weighted by Gasteiger charge is 2.26. The van der Waals surface area contributed by atoms with E-state index in [1.54, 1.807) is 12.4 Å². The van der Waals surface area contributed by atoms with E-state index in [4.69, 9.17) is 5.10 Å². The third kappa shape index (κ3) is 4.64. The minimum atomic E-state index is 0.0377. The molecular weight excluding hydrogens is 424 g/mol. The Balaban J connectivity index is 1.23. The zero-order valence-corrected chi connectivity index (χ0v) is 19.7. The monoisotopic (exact) mass is 454 g/mol. The van der Waals surface area contributed by atoms with Crippen molar-refractivity contribution in [1.29, 1.82) is 0 Å². The summed E-state index contributed by atoms with van der Waals surface area (Å²) in [6.07, 6.45) is 7.86. The number of carbonyl (C=O) groups is 1. The Labute approximate surface area is 199 Å². The van der Waals surface area contributed by atoms with Crippen molar-refractivity contribution in [2.24, 2.45) is 5.92 Å². The molecule has 0 radical (unpaired) electrons. The molecule has 0 atom stereocenters. The van der Waals surface area contributed by atoms with Gasteiger partial charge in [-0.25, -0.2) is 9.50 Å². The molecule has 0 saturated carbocycles. The number of nitrogens with one attached hydrogen (secondary N) is 1. The van der Waals surface area contributed by atoms with Gasteiger partial charge < -0.3 is 10.2 Å². The molecule has 7 nitrogen and oxygen atoms in total. The maximum Gasteiger partial charge on any atom is 0.223 e. The van der Waals surface area contributed by atoms with Crippen LogP contribution in [0.1, 0.15) is 29.7 Å². The molecule has 5 rings (SSSR count). The minimum Gasteiger partial charge on any atom is -0.355 e. The van der Waals surface area contributed by atoms with Crippen molar-refractivity contribution >= 4 is 17.2 Å². The second-order valence-corrected chi connectivity index (χ2v) is 9.03. The van der Waals surface area contributed by atoms with Gasteiger partial charge in [0.1, 0.15) is 5.52 Å². The van der Waals surface area contributed by atoms with Crippen molar-refractivity contribution in [2.75, 3.05) is 24.5 Å². The summed E-state index contributed by atoms with van der Waals surface area (Å²) >= 11 is 0. The first kappa shape index (κ1) is 22.1. The maximum absolute atomic E-state index is 12.7. The average Bonchev–Trinajstić information content (AvgIpc) is 3.31. The first-order chi connectivity index (χ1) is 16.6. The van der Waals surface area contributed by atoms with E-state index in [-0.39, 0.29) is 11.8 Å². The number of benzene rings is 1. The van der Waals surface area contributed by atoms with Gasteiger partial charge in [-0.2, -0.15) is 5.10 Å². The Morgan fingerprint density at radius 3 is 2.65 bits per heavy atom. The summed E-state index contributed by atoms with van der Waals surface area (Å²) in [4.78, 5) is 23.9. The normalized spacial score (nSPS) is 14.5. The summed E-state index contributed by atoms with van der Waals surface area (Å²) in [5, 5.41) is 7.88. The molecule has 1 N–H and O–H groups in total. The molecule has 174 valence electrons. The molecule has 1 aromatic carbocycles. The van der Waals surface area contributed by atoms with Gasteiger partial charge in [-0.05, 0) is 62.1 Å². The lowest BCUT2D eigenvalue weighted by molar-refractivity contribution is -0.125. The van der Waals surface area contributed by atoms with Crippen molar-refractivity contribution in [2.45, 2.75) is 33.1 Å². The summed E-state index contributed by atoms with van der Waals surface area (Å²) in [6.45, 7) is 6.47. The molecule has 0 aliphatic carbocycles. The van der Waals surface area contributed by atoms with Crippen LogP contribution in [0, 0.1) is 19.8 Å². The number of rotatable bonds is 6. The molecule has 34 heavy (non-hydrogen) atoms. The molecule has 3 aromatic heterocycles. The number of hydrogen-bond donors (Lipinski definition) is 1. The van der Waals surface area contributed by atoms with Crippen LogP contribution >= 0.6 is 0 Å². The topological polar surface area (TPSA) is 75.4 Å². The van der Waals surface area contributed by atoms with Gasteiger partial charge in [-0.15, -0.1) is 0 Å². The fourth-order valence-corrected chi connectivity index (χ4v) is 4.55. The van der Waals surface area contributed by atoms with Gasteiger partial charge in [0.05, 0.1) is 5.69 Å². The van der Waals surface area contributed by atoms with Crippen molar-refractivity contribution in [3.8, 4) is 11.3 Å². The molecule has 0 bridgehead atoms. The Morgan fingerprint density at radius 1 is 1.03 bits per heavy atom. The lowest BCUT2D eigenvalue weighted by Crippen LogP contribution is -2.41. The third-order valence-electron chi connectivity index (χ3n) is 6.74. The Bertz CT molecular complexity index is 1290. The summed E-state index contributed by atoms with van der Waals surface area (Å²) in [5.74, 6) is 1.11. The predicted molar refractivity (Wildman–Crippen MR) is 134 cm³/mol. The van der Waals surface area contributed by atoms with Gasteiger partial charge in [-0.1, -0.05) is 18.2 Å². The van der Waals surface area contributed by atoms with Gasteiger partial charge >= 0.3 is 0 Å². The zero-order valence-electron chi connectivity index (χ0n) is 19.7. The first-order valence-corrected chi connectivity index (χ1v) is 11.9. The molecule has 1 fully saturated rings. The summed E-state index contributed by atoms with van der Waals surface area (Å²) in [7, 11) is 0. The summed E-state index contributed by atoms with van der Waals surface area (Å²) < 4.78 is 1.91. The van der Waals surface area contributed by atoms with E-state index in [1.807, 2.05) is 28.9 Å². The highest BCUT2D eigenvalue weighted by Crippen LogP contribution is 2.29. The van der Waals surface area contributed by atoms with Crippen molar-refractivity contribution in [1.82, 2.24) is 24.9 Å². The molecule has 0 spiro atoms. The molecule has 4 heterocycles. The van der Waals surface area contributed by atoms with Crippen LogP contribution in [-0.4, -0.2) is 45.1 Å². The van der Waals surface area contributed by atoms with Gasteiger partial charge in [0, 0.05) is 61.8 Å². The van der Waals surface area contributed by atoms with E-state index in [0.29, 0.717) is 6.54 Å². The van der Waals surface area contributed by atoms with E-state index in [2.05, 4.69) is 58.3 Å². The molecule has 1 amide bonds. The van der Waals surface area contributed by atoms with Crippen LogP contribution in [0.4, 0.5) is 5.82 Å². The summed E-state index contributed by atoms with van der Waals surface area (Å²) in [5.41, 5.74) is 6.58. The van der Waals surface area contributed by atoms with Gasteiger partial charge in [0.25, 0.3) is 0 Å². The average molecular weight is 455 g/mol. The smallest absolute Gasteiger partial charge is 0.223 e. The van der Waals surface area contributed by atoms with E-state index in [1.165, 1.54) is 11.1 Å². The lowest BCUT2D eigenvalue weighted by Gasteiger charge is -2.32. The zero-order chi connectivity index (χ0) is 23.5. The van der Waals surface area contributed by atoms with Crippen LogP contribution in [0.2, 0.25) is 0 Å². The Morgan fingerprint density at radius 2 is 1.88 bits per heavy atom. The maximum atomic E-state index is 12.7. The molecule has 1 aliphatic rings. The SMILES string of the molecule is Cc1ccc(-c2cc3c(N4CCC(C(=O)NCCc5ccccn5)CC4)nccn3n2)cc1C. The number of aromatic nitrogens is 4. The second-order valence-electron chi connectivity index (χ2n) is 9.03. The number of amides is 1. The Kier molecular flexibility index (Phi) is 6.25. The van der Waals surface area contributed by atoms with Crippen LogP contribution < -0.4 is 10.2 Å². The van der Waals surface area contributed by atoms with Gasteiger partial charge in [-0.3, -0.25) is 9.78 Å². The van der Waals surface area contributed by atoms with Crippen LogP contribution in [0.15, 0.2) is 61.1 Å². The van der Waals surface area contributed by atoms with Crippen molar-refractivity contribution in [3.05, 3.63) is 77.9 Å². The first-order valence-electron chi connectivity index (χ1n) is 11.9. The van der Waals surface area contributed by atoms with Crippen molar-refractivity contribution < 1.29 is 4.79 Å². The number of piperidine rings is 1. The Hall–Kier alpha value is -3.74. The largest absolute Gasteiger partial charge is 0.355 e. The number of aryl methyl sites for hydroxylation is 2. The number of carbonyl (C=O) groups excluding carboxylic acids is 1. The van der Waals surface area contributed by atoms with Gasteiger partial charge in [0.15, 0.2) is 5.82 Å².